The lowest BCUT2D eigenvalue weighted by molar-refractivity contribution is -0.116. The van der Waals surface area contributed by atoms with E-state index in [4.69, 9.17) is 5.73 Å². The number of nitrogens with zero attached hydrogens (tertiary/aromatic N) is 3. The molecule has 0 aromatic carbocycles. The molecule has 122 valence electrons. The molecule has 0 saturated carbocycles. The normalized spacial score (nSPS) is 16.3. The second kappa shape index (κ2) is 6.59. The summed E-state index contributed by atoms with van der Waals surface area (Å²) in [6.45, 7) is 5.14. The molecule has 3 heterocycles. The maximum atomic E-state index is 12.2. The van der Waals surface area contributed by atoms with E-state index in [-0.39, 0.29) is 11.9 Å². The summed E-state index contributed by atoms with van der Waals surface area (Å²) in [5.74, 6) is 1.56. The lowest BCUT2D eigenvalue weighted by atomic mass is 10.2. The number of thioether (sulfide) groups is 1. The fraction of sp³-hybridized carbons (Fsp3) is 0.400. The number of aromatic amines is 1. The molecule has 0 spiro atoms. The summed E-state index contributed by atoms with van der Waals surface area (Å²) in [6, 6.07) is -0.0618. The van der Waals surface area contributed by atoms with Gasteiger partial charge in [0.15, 0.2) is 0 Å². The number of nitrogens with one attached hydrogen (secondary N) is 2. The number of carbonyl (C=O) groups excluding carboxylic acids is 1. The molecule has 0 radical (unpaired) electrons. The van der Waals surface area contributed by atoms with Gasteiger partial charge in [0.2, 0.25) is 0 Å². The standard InChI is InChI=1S/C15H20N6OS/c1-9-5-17-13-12(9)14(20-8-19-13)21-3-4-23-11(7-21)15(22)18-6-10(2)16/h5,7-8,10H,3-4,6,16H2,1-2H3,(H,18,22)(H,17,19,20)/t10-/m0/s1. The van der Waals surface area contributed by atoms with Gasteiger partial charge in [-0.3, -0.25) is 4.79 Å². The monoisotopic (exact) mass is 332 g/mol. The lowest BCUT2D eigenvalue weighted by Crippen LogP contribution is -2.37. The van der Waals surface area contributed by atoms with Crippen LogP contribution in [0.3, 0.4) is 0 Å². The third-order valence-electron chi connectivity index (χ3n) is 3.59. The number of nitrogens with two attached hydrogens (primary N) is 1. The van der Waals surface area contributed by atoms with E-state index in [1.165, 1.54) is 0 Å². The Hall–Kier alpha value is -2.06. The van der Waals surface area contributed by atoms with Crippen LogP contribution in [0.25, 0.3) is 11.0 Å². The fourth-order valence-electron chi connectivity index (χ4n) is 2.44. The van der Waals surface area contributed by atoms with Crippen molar-refractivity contribution in [2.75, 3.05) is 23.7 Å². The van der Waals surface area contributed by atoms with Crippen molar-refractivity contribution >= 4 is 34.5 Å². The number of carbonyl (C=O) groups is 1. The molecule has 1 aliphatic heterocycles. The van der Waals surface area contributed by atoms with Crippen LogP contribution >= 0.6 is 11.8 Å². The molecule has 8 heteroatoms. The highest BCUT2D eigenvalue weighted by atomic mass is 32.2. The van der Waals surface area contributed by atoms with Gasteiger partial charge in [0.05, 0.1) is 10.3 Å². The molecule has 7 nitrogen and oxygen atoms in total. The predicted molar refractivity (Wildman–Crippen MR) is 93.2 cm³/mol. The molecule has 0 fully saturated rings. The van der Waals surface area contributed by atoms with Crippen molar-refractivity contribution in [1.29, 1.82) is 0 Å². The molecule has 0 aliphatic carbocycles. The number of fused-ring (bicyclic) bond motifs is 1. The van der Waals surface area contributed by atoms with E-state index in [9.17, 15) is 4.79 Å². The van der Waals surface area contributed by atoms with Crippen molar-refractivity contribution in [3.63, 3.8) is 0 Å². The maximum Gasteiger partial charge on any atom is 0.259 e. The average Bonchev–Trinajstić information content (AvgIpc) is 2.94. The van der Waals surface area contributed by atoms with E-state index in [1.807, 2.05) is 31.1 Å². The van der Waals surface area contributed by atoms with Crippen molar-refractivity contribution in [3.05, 3.63) is 29.2 Å². The highest BCUT2D eigenvalue weighted by Gasteiger charge is 2.21. The van der Waals surface area contributed by atoms with E-state index in [2.05, 4.69) is 20.3 Å². The number of amides is 1. The molecule has 2 aromatic rings. The van der Waals surface area contributed by atoms with Gasteiger partial charge in [-0.15, -0.1) is 11.8 Å². The summed E-state index contributed by atoms with van der Waals surface area (Å²) < 4.78 is 0. The molecule has 2 aromatic heterocycles. The Labute approximate surface area is 138 Å². The molecule has 1 amide bonds. The van der Waals surface area contributed by atoms with Crippen molar-refractivity contribution in [2.45, 2.75) is 19.9 Å². The Morgan fingerprint density at radius 1 is 1.57 bits per heavy atom. The first-order chi connectivity index (χ1) is 11.1. The fourth-order valence-corrected chi connectivity index (χ4v) is 3.36. The van der Waals surface area contributed by atoms with Gasteiger partial charge in [-0.2, -0.15) is 0 Å². The van der Waals surface area contributed by atoms with Crippen LogP contribution in [0, 0.1) is 6.92 Å². The number of H-pyrrole nitrogens is 1. The highest BCUT2D eigenvalue weighted by Crippen LogP contribution is 2.30. The number of hydrogen-bond donors (Lipinski definition) is 3. The van der Waals surface area contributed by atoms with Gasteiger partial charge in [-0.1, -0.05) is 0 Å². The third kappa shape index (κ3) is 3.32. The van der Waals surface area contributed by atoms with Crippen LogP contribution in [0.4, 0.5) is 5.82 Å². The summed E-state index contributed by atoms with van der Waals surface area (Å²) in [5, 5.41) is 3.84. The van der Waals surface area contributed by atoms with E-state index < -0.39 is 0 Å². The largest absolute Gasteiger partial charge is 0.350 e. The predicted octanol–water partition coefficient (Wildman–Crippen LogP) is 1.12. The topological polar surface area (TPSA) is 99.9 Å². The van der Waals surface area contributed by atoms with Gasteiger partial charge in [0.1, 0.15) is 17.8 Å². The SMILES string of the molecule is Cc1c[nH]c2ncnc(N3C=C(C(=O)NC[C@H](C)N)SCC3)c12. The summed E-state index contributed by atoms with van der Waals surface area (Å²) in [6.07, 6.45) is 5.32. The van der Waals surface area contributed by atoms with Gasteiger partial charge in [0, 0.05) is 37.3 Å². The molecule has 23 heavy (non-hydrogen) atoms. The van der Waals surface area contributed by atoms with Gasteiger partial charge < -0.3 is 20.9 Å². The zero-order valence-corrected chi connectivity index (χ0v) is 14.0. The Balaban J connectivity index is 1.88. The number of anilines is 1. The lowest BCUT2D eigenvalue weighted by Gasteiger charge is -2.25. The van der Waals surface area contributed by atoms with Crippen molar-refractivity contribution in [3.8, 4) is 0 Å². The number of aromatic nitrogens is 3. The summed E-state index contributed by atoms with van der Waals surface area (Å²) in [4.78, 5) is 26.7. The van der Waals surface area contributed by atoms with Gasteiger partial charge in [-0.25, -0.2) is 9.97 Å². The number of hydrogen-bond acceptors (Lipinski definition) is 6. The van der Waals surface area contributed by atoms with Crippen LogP contribution in [0.15, 0.2) is 23.6 Å². The van der Waals surface area contributed by atoms with E-state index in [0.29, 0.717) is 11.4 Å². The molecule has 0 bridgehead atoms. The smallest absolute Gasteiger partial charge is 0.259 e. The maximum absolute atomic E-state index is 12.2. The molecule has 1 aliphatic rings. The third-order valence-corrected chi connectivity index (χ3v) is 4.58. The van der Waals surface area contributed by atoms with Crippen molar-refractivity contribution in [1.82, 2.24) is 20.3 Å². The van der Waals surface area contributed by atoms with Gasteiger partial charge in [0.25, 0.3) is 5.91 Å². The van der Waals surface area contributed by atoms with Crippen LogP contribution in [-0.4, -0.2) is 45.7 Å². The Kier molecular flexibility index (Phi) is 4.53. The molecule has 3 rings (SSSR count). The molecular formula is C15H20N6OS. The molecule has 4 N–H and O–H groups in total. The van der Waals surface area contributed by atoms with Crippen LogP contribution < -0.4 is 16.0 Å². The Bertz CT molecular complexity index is 754. The molecule has 0 unspecified atom stereocenters. The summed E-state index contributed by atoms with van der Waals surface area (Å²) in [5.41, 5.74) is 7.58. The van der Waals surface area contributed by atoms with Crippen LogP contribution in [0.2, 0.25) is 0 Å². The quantitative estimate of drug-likeness (QED) is 0.776. The molecule has 1 atom stereocenters. The van der Waals surface area contributed by atoms with Gasteiger partial charge >= 0.3 is 0 Å². The number of rotatable bonds is 4. The van der Waals surface area contributed by atoms with Gasteiger partial charge in [-0.05, 0) is 19.4 Å². The van der Waals surface area contributed by atoms with Crippen LogP contribution in [0.1, 0.15) is 12.5 Å². The zero-order valence-electron chi connectivity index (χ0n) is 13.2. The van der Waals surface area contributed by atoms with E-state index >= 15 is 0 Å². The molecule has 0 saturated heterocycles. The summed E-state index contributed by atoms with van der Waals surface area (Å²) >= 11 is 1.55. The van der Waals surface area contributed by atoms with E-state index in [1.54, 1.807) is 18.1 Å². The minimum Gasteiger partial charge on any atom is -0.350 e. The molecular weight excluding hydrogens is 312 g/mol. The number of aryl methyl sites for hydroxylation is 1. The summed E-state index contributed by atoms with van der Waals surface area (Å²) in [7, 11) is 0. The van der Waals surface area contributed by atoms with Crippen LogP contribution in [-0.2, 0) is 4.79 Å². The Morgan fingerprint density at radius 3 is 3.17 bits per heavy atom. The zero-order chi connectivity index (χ0) is 16.4. The highest BCUT2D eigenvalue weighted by molar-refractivity contribution is 8.04. The van der Waals surface area contributed by atoms with Crippen molar-refractivity contribution < 1.29 is 4.79 Å². The minimum absolute atomic E-state index is 0.0618. The Morgan fingerprint density at radius 2 is 2.39 bits per heavy atom. The van der Waals surface area contributed by atoms with Crippen LogP contribution in [0.5, 0.6) is 0 Å². The first-order valence-electron chi connectivity index (χ1n) is 7.50. The first-order valence-corrected chi connectivity index (χ1v) is 8.48. The van der Waals surface area contributed by atoms with Crippen molar-refractivity contribution in [2.24, 2.45) is 5.73 Å². The first kappa shape index (κ1) is 15.8. The average molecular weight is 332 g/mol. The minimum atomic E-state index is -0.0897. The van der Waals surface area contributed by atoms with E-state index in [0.717, 1.165) is 34.7 Å². The second-order valence-corrected chi connectivity index (χ2v) is 6.75. The second-order valence-electron chi connectivity index (χ2n) is 5.62.